The van der Waals surface area contributed by atoms with Crippen LogP contribution >= 0.6 is 0 Å². The fourth-order valence-electron chi connectivity index (χ4n) is 4.45. The Morgan fingerprint density at radius 3 is 2.71 bits per heavy atom. The second-order valence-corrected chi connectivity index (χ2v) is 8.04. The summed E-state index contributed by atoms with van der Waals surface area (Å²) in [7, 11) is 0. The molecular formula is C23H23N7O. The molecule has 1 amide bonds. The summed E-state index contributed by atoms with van der Waals surface area (Å²) in [5.41, 5.74) is 5.19. The van der Waals surface area contributed by atoms with E-state index < -0.39 is 0 Å². The number of pyridine rings is 1. The zero-order valence-corrected chi connectivity index (χ0v) is 17.5. The van der Waals surface area contributed by atoms with Gasteiger partial charge >= 0.3 is 0 Å². The Kier molecular flexibility index (Phi) is 4.86. The average molecular weight is 413 g/mol. The normalized spacial score (nSPS) is 15.6. The molecule has 1 aromatic carbocycles. The van der Waals surface area contributed by atoms with Crippen molar-refractivity contribution in [3.8, 4) is 11.8 Å². The summed E-state index contributed by atoms with van der Waals surface area (Å²) in [6.45, 7) is 5.06. The largest absolute Gasteiger partial charge is 0.352 e. The van der Waals surface area contributed by atoms with Crippen molar-refractivity contribution >= 4 is 11.7 Å². The minimum absolute atomic E-state index is 0.0240. The van der Waals surface area contributed by atoms with Crippen LogP contribution in [0.4, 0.5) is 5.82 Å². The first-order valence-electron chi connectivity index (χ1n) is 10.6. The molecule has 1 saturated heterocycles. The van der Waals surface area contributed by atoms with Crippen molar-refractivity contribution in [1.82, 2.24) is 24.9 Å². The molecule has 156 valence electrons. The summed E-state index contributed by atoms with van der Waals surface area (Å²) in [6, 6.07) is 12.0. The molecule has 0 aliphatic carbocycles. The lowest BCUT2D eigenvalue weighted by atomic mass is 9.97. The lowest BCUT2D eigenvalue weighted by Gasteiger charge is -2.31. The molecule has 4 heterocycles. The van der Waals surface area contributed by atoms with Crippen molar-refractivity contribution in [3.63, 3.8) is 0 Å². The number of anilines is 1. The predicted octanol–water partition coefficient (Wildman–Crippen LogP) is 2.64. The molecule has 0 saturated carbocycles. The third kappa shape index (κ3) is 3.42. The van der Waals surface area contributed by atoms with Crippen LogP contribution in [-0.4, -0.2) is 50.4 Å². The molecule has 8 nitrogen and oxygen atoms in total. The van der Waals surface area contributed by atoms with Gasteiger partial charge in [-0.2, -0.15) is 5.26 Å². The molecule has 8 heteroatoms. The number of aromatic nitrogens is 4. The quantitative estimate of drug-likeness (QED) is 0.656. The molecule has 2 aliphatic heterocycles. The van der Waals surface area contributed by atoms with Crippen LogP contribution in [-0.2, 0) is 13.0 Å². The first kappa shape index (κ1) is 19.2. The van der Waals surface area contributed by atoms with Crippen molar-refractivity contribution < 1.29 is 4.79 Å². The standard InChI is InChI=1S/C23H23N7O/c1-16-22(23(31)28-10-2-3-11-28)26-27-30(16)20-6-4-5-18-15-29(12-9-19(18)20)21-8-7-17(13-24)14-25-21/h4-8,14H,2-3,9-12,15H2,1H3. The monoisotopic (exact) mass is 413 g/mol. The van der Waals surface area contributed by atoms with E-state index in [0.29, 0.717) is 11.3 Å². The molecule has 0 unspecified atom stereocenters. The van der Waals surface area contributed by atoms with Gasteiger partial charge in [-0.15, -0.1) is 5.10 Å². The van der Waals surface area contributed by atoms with Crippen LogP contribution in [0.1, 0.15) is 45.7 Å². The number of hydrogen-bond donors (Lipinski definition) is 0. The van der Waals surface area contributed by atoms with Gasteiger partial charge in [-0.25, -0.2) is 9.67 Å². The minimum atomic E-state index is -0.0240. The summed E-state index contributed by atoms with van der Waals surface area (Å²) in [5.74, 6) is 0.842. The molecule has 3 aromatic rings. The van der Waals surface area contributed by atoms with Gasteiger partial charge in [-0.3, -0.25) is 4.79 Å². The summed E-state index contributed by atoms with van der Waals surface area (Å²) in [5, 5.41) is 17.6. The Hall–Kier alpha value is -3.73. The van der Waals surface area contributed by atoms with Gasteiger partial charge in [-0.1, -0.05) is 17.3 Å². The van der Waals surface area contributed by atoms with Crippen molar-refractivity contribution in [1.29, 1.82) is 5.26 Å². The van der Waals surface area contributed by atoms with E-state index in [9.17, 15) is 4.79 Å². The number of likely N-dealkylation sites (tertiary alicyclic amines) is 1. The maximum absolute atomic E-state index is 12.8. The van der Waals surface area contributed by atoms with Gasteiger partial charge in [0.15, 0.2) is 5.69 Å². The van der Waals surface area contributed by atoms with Crippen molar-refractivity contribution in [2.24, 2.45) is 0 Å². The molecule has 31 heavy (non-hydrogen) atoms. The highest BCUT2D eigenvalue weighted by Gasteiger charge is 2.27. The summed E-state index contributed by atoms with van der Waals surface area (Å²) < 4.78 is 1.80. The van der Waals surface area contributed by atoms with Crippen LogP contribution in [0.15, 0.2) is 36.5 Å². The number of benzene rings is 1. The fraction of sp³-hybridized carbons (Fsp3) is 0.348. The number of nitriles is 1. The topological polar surface area (TPSA) is 90.9 Å². The molecule has 1 fully saturated rings. The van der Waals surface area contributed by atoms with E-state index in [-0.39, 0.29) is 5.91 Å². The zero-order valence-electron chi connectivity index (χ0n) is 17.5. The van der Waals surface area contributed by atoms with E-state index in [4.69, 9.17) is 5.26 Å². The highest BCUT2D eigenvalue weighted by molar-refractivity contribution is 5.93. The SMILES string of the molecule is Cc1c(C(=O)N2CCCC2)nnn1-c1cccc2c1CCN(c1ccc(C#N)cn1)C2. The highest BCUT2D eigenvalue weighted by atomic mass is 16.2. The van der Waals surface area contributed by atoms with Gasteiger partial charge in [0.2, 0.25) is 0 Å². The third-order valence-corrected chi connectivity index (χ3v) is 6.16. The molecule has 2 aliphatic rings. The number of fused-ring (bicyclic) bond motifs is 1. The molecule has 0 N–H and O–H groups in total. The van der Waals surface area contributed by atoms with Crippen LogP contribution in [0.5, 0.6) is 0 Å². The molecule has 0 spiro atoms. The Labute approximate surface area is 180 Å². The van der Waals surface area contributed by atoms with E-state index in [1.807, 2.05) is 30.0 Å². The van der Waals surface area contributed by atoms with Crippen LogP contribution < -0.4 is 4.90 Å². The van der Waals surface area contributed by atoms with Gasteiger partial charge in [0.1, 0.15) is 11.9 Å². The average Bonchev–Trinajstić information content (AvgIpc) is 3.48. The number of carbonyl (C=O) groups excluding carboxylic acids is 1. The molecule has 0 radical (unpaired) electrons. The molecule has 2 aromatic heterocycles. The van der Waals surface area contributed by atoms with Gasteiger partial charge < -0.3 is 9.80 Å². The maximum atomic E-state index is 12.8. The van der Waals surface area contributed by atoms with Crippen LogP contribution in [0.3, 0.4) is 0 Å². The Morgan fingerprint density at radius 1 is 1.13 bits per heavy atom. The summed E-state index contributed by atoms with van der Waals surface area (Å²) >= 11 is 0. The second kappa shape index (κ2) is 7.84. The molecule has 0 atom stereocenters. The maximum Gasteiger partial charge on any atom is 0.276 e. The first-order chi connectivity index (χ1) is 15.2. The lowest BCUT2D eigenvalue weighted by Crippen LogP contribution is -2.31. The van der Waals surface area contributed by atoms with Gasteiger partial charge in [-0.05, 0) is 55.5 Å². The molecular weight excluding hydrogens is 390 g/mol. The third-order valence-electron chi connectivity index (χ3n) is 6.16. The minimum Gasteiger partial charge on any atom is -0.352 e. The van der Waals surface area contributed by atoms with E-state index in [1.54, 1.807) is 16.9 Å². The zero-order chi connectivity index (χ0) is 21.4. The van der Waals surface area contributed by atoms with Crippen molar-refractivity contribution in [2.75, 3.05) is 24.5 Å². The molecule has 5 rings (SSSR count). The van der Waals surface area contributed by atoms with Crippen molar-refractivity contribution in [2.45, 2.75) is 32.7 Å². The number of hydrogen-bond acceptors (Lipinski definition) is 6. The smallest absolute Gasteiger partial charge is 0.276 e. The Balaban J connectivity index is 1.43. The number of nitrogens with zero attached hydrogens (tertiary/aromatic N) is 7. The number of amides is 1. The first-order valence-corrected chi connectivity index (χ1v) is 10.6. The van der Waals surface area contributed by atoms with E-state index in [1.165, 1.54) is 11.1 Å². The van der Waals surface area contributed by atoms with Gasteiger partial charge in [0.25, 0.3) is 5.91 Å². The van der Waals surface area contributed by atoms with Crippen molar-refractivity contribution in [3.05, 3.63) is 64.6 Å². The van der Waals surface area contributed by atoms with Gasteiger partial charge in [0.05, 0.1) is 16.9 Å². The Bertz CT molecular complexity index is 1170. The van der Waals surface area contributed by atoms with Gasteiger partial charge in [0, 0.05) is 32.4 Å². The number of carbonyl (C=O) groups is 1. The lowest BCUT2D eigenvalue weighted by molar-refractivity contribution is 0.0786. The van der Waals surface area contributed by atoms with E-state index >= 15 is 0 Å². The van der Waals surface area contributed by atoms with E-state index in [2.05, 4.69) is 32.3 Å². The summed E-state index contributed by atoms with van der Waals surface area (Å²) in [4.78, 5) is 21.3. The van der Waals surface area contributed by atoms with Crippen LogP contribution in [0.25, 0.3) is 5.69 Å². The summed E-state index contributed by atoms with van der Waals surface area (Å²) in [6.07, 6.45) is 4.55. The highest BCUT2D eigenvalue weighted by Crippen LogP contribution is 2.28. The van der Waals surface area contributed by atoms with Crippen LogP contribution in [0.2, 0.25) is 0 Å². The second-order valence-electron chi connectivity index (χ2n) is 8.04. The van der Waals surface area contributed by atoms with Crippen LogP contribution in [0, 0.1) is 18.3 Å². The van der Waals surface area contributed by atoms with E-state index in [0.717, 1.165) is 62.6 Å². The fourth-order valence-corrected chi connectivity index (χ4v) is 4.45. The predicted molar refractivity (Wildman–Crippen MR) is 115 cm³/mol. The Morgan fingerprint density at radius 2 is 1.97 bits per heavy atom. The number of rotatable bonds is 3. The molecule has 0 bridgehead atoms.